The third-order valence-corrected chi connectivity index (χ3v) is 2.81. The van der Waals surface area contributed by atoms with Gasteiger partial charge in [0.1, 0.15) is 6.54 Å². The number of rotatable bonds is 3. The molecule has 1 amide bonds. The quantitative estimate of drug-likeness (QED) is 0.875. The Kier molecular flexibility index (Phi) is 3.41. The lowest BCUT2D eigenvalue weighted by molar-refractivity contribution is -0.146. The van der Waals surface area contributed by atoms with Crippen molar-refractivity contribution in [2.45, 2.75) is 13.3 Å². The van der Waals surface area contributed by atoms with Crippen molar-refractivity contribution in [2.75, 3.05) is 6.54 Å². The van der Waals surface area contributed by atoms with Gasteiger partial charge in [-0.15, -0.1) is 0 Å². The van der Waals surface area contributed by atoms with Gasteiger partial charge in [-0.2, -0.15) is 5.10 Å². The highest BCUT2D eigenvalue weighted by Crippen LogP contribution is 2.19. The molecule has 0 aromatic heterocycles. The van der Waals surface area contributed by atoms with Gasteiger partial charge in [-0.05, 0) is 5.56 Å². The Bertz CT molecular complexity index is 496. The van der Waals surface area contributed by atoms with Gasteiger partial charge in [-0.25, -0.2) is 5.01 Å². The SMILES string of the molecule is CC1CC(c2ccccc2)=NN(CC(=O)O)C1=O. The highest BCUT2D eigenvalue weighted by molar-refractivity contribution is 6.05. The molecular weight excluding hydrogens is 232 g/mol. The van der Waals surface area contributed by atoms with E-state index >= 15 is 0 Å². The maximum Gasteiger partial charge on any atom is 0.325 e. The van der Waals surface area contributed by atoms with E-state index in [4.69, 9.17) is 5.11 Å². The molecule has 0 saturated heterocycles. The van der Waals surface area contributed by atoms with E-state index in [1.807, 2.05) is 30.3 Å². The normalized spacial score (nSPS) is 19.6. The number of hydrogen-bond acceptors (Lipinski definition) is 3. The van der Waals surface area contributed by atoms with Crippen molar-refractivity contribution >= 4 is 17.6 Å². The van der Waals surface area contributed by atoms with E-state index in [-0.39, 0.29) is 18.4 Å². The monoisotopic (exact) mass is 246 g/mol. The van der Waals surface area contributed by atoms with Crippen LogP contribution in [0, 0.1) is 5.92 Å². The number of nitrogens with zero attached hydrogens (tertiary/aromatic N) is 2. The van der Waals surface area contributed by atoms with Gasteiger partial charge in [0.2, 0.25) is 5.91 Å². The van der Waals surface area contributed by atoms with Gasteiger partial charge in [-0.3, -0.25) is 9.59 Å². The van der Waals surface area contributed by atoms with E-state index in [0.717, 1.165) is 16.3 Å². The first kappa shape index (κ1) is 12.3. The van der Waals surface area contributed by atoms with Crippen LogP contribution in [0.4, 0.5) is 0 Å². The lowest BCUT2D eigenvalue weighted by atomic mass is 9.96. The van der Waals surface area contributed by atoms with Crippen LogP contribution in [0.15, 0.2) is 35.4 Å². The summed E-state index contributed by atoms with van der Waals surface area (Å²) >= 11 is 0. The minimum Gasteiger partial charge on any atom is -0.480 e. The van der Waals surface area contributed by atoms with E-state index in [9.17, 15) is 9.59 Å². The Hall–Kier alpha value is -2.17. The molecule has 5 heteroatoms. The van der Waals surface area contributed by atoms with Crippen LogP contribution in [0.25, 0.3) is 0 Å². The molecule has 1 aromatic rings. The van der Waals surface area contributed by atoms with Crippen LogP contribution >= 0.6 is 0 Å². The van der Waals surface area contributed by atoms with E-state index in [0.29, 0.717) is 6.42 Å². The Morgan fingerprint density at radius 1 is 1.44 bits per heavy atom. The number of hydrazone groups is 1. The number of aliphatic carboxylic acids is 1. The summed E-state index contributed by atoms with van der Waals surface area (Å²) in [6.07, 6.45) is 0.541. The van der Waals surface area contributed by atoms with Gasteiger partial charge in [0.05, 0.1) is 5.71 Å². The molecule has 5 nitrogen and oxygen atoms in total. The maximum atomic E-state index is 11.8. The summed E-state index contributed by atoms with van der Waals surface area (Å²) in [5.74, 6) is -1.54. The molecule has 18 heavy (non-hydrogen) atoms. The molecule has 1 heterocycles. The summed E-state index contributed by atoms with van der Waals surface area (Å²) < 4.78 is 0. The fraction of sp³-hybridized carbons (Fsp3) is 0.308. The molecule has 1 unspecified atom stereocenters. The fourth-order valence-electron chi connectivity index (χ4n) is 1.92. The first-order chi connectivity index (χ1) is 8.58. The van der Waals surface area contributed by atoms with Gasteiger partial charge in [0.25, 0.3) is 0 Å². The second-order valence-corrected chi connectivity index (χ2v) is 4.31. The van der Waals surface area contributed by atoms with Crippen molar-refractivity contribution in [3.8, 4) is 0 Å². The zero-order chi connectivity index (χ0) is 13.1. The molecule has 0 saturated carbocycles. The number of carbonyl (C=O) groups is 2. The Labute approximate surface area is 105 Å². The number of benzene rings is 1. The molecule has 1 aliphatic rings. The molecule has 1 aromatic carbocycles. The number of amides is 1. The Balaban J connectivity index is 2.30. The number of carboxylic acids is 1. The third-order valence-electron chi connectivity index (χ3n) is 2.81. The first-order valence-corrected chi connectivity index (χ1v) is 5.74. The molecule has 0 spiro atoms. The summed E-state index contributed by atoms with van der Waals surface area (Å²) in [6, 6.07) is 9.48. The third kappa shape index (κ3) is 2.56. The summed E-state index contributed by atoms with van der Waals surface area (Å²) in [5, 5.41) is 13.9. The Morgan fingerprint density at radius 3 is 2.72 bits per heavy atom. The molecule has 0 fully saturated rings. The molecule has 0 radical (unpaired) electrons. The van der Waals surface area contributed by atoms with Crippen molar-refractivity contribution in [3.05, 3.63) is 35.9 Å². The van der Waals surface area contributed by atoms with E-state index in [2.05, 4.69) is 5.10 Å². The van der Waals surface area contributed by atoms with Gasteiger partial charge in [0.15, 0.2) is 0 Å². The van der Waals surface area contributed by atoms with Gasteiger partial charge < -0.3 is 5.11 Å². The van der Waals surface area contributed by atoms with Crippen LogP contribution in [0.2, 0.25) is 0 Å². The van der Waals surface area contributed by atoms with Crippen molar-refractivity contribution in [1.82, 2.24) is 5.01 Å². The van der Waals surface area contributed by atoms with Crippen LogP contribution < -0.4 is 0 Å². The predicted octanol–water partition coefficient (Wildman–Crippen LogP) is 1.34. The first-order valence-electron chi connectivity index (χ1n) is 5.74. The summed E-state index contributed by atoms with van der Waals surface area (Å²) in [7, 11) is 0. The number of carbonyl (C=O) groups excluding carboxylic acids is 1. The van der Waals surface area contributed by atoms with Crippen LogP contribution in [-0.2, 0) is 9.59 Å². The van der Waals surface area contributed by atoms with Crippen molar-refractivity contribution in [1.29, 1.82) is 0 Å². The van der Waals surface area contributed by atoms with Crippen LogP contribution in [-0.4, -0.2) is 34.2 Å². The topological polar surface area (TPSA) is 70.0 Å². The van der Waals surface area contributed by atoms with Gasteiger partial charge >= 0.3 is 5.97 Å². The lowest BCUT2D eigenvalue weighted by Gasteiger charge is -2.26. The molecule has 0 bridgehead atoms. The zero-order valence-corrected chi connectivity index (χ0v) is 10.0. The second-order valence-electron chi connectivity index (χ2n) is 4.31. The average Bonchev–Trinajstić information content (AvgIpc) is 2.35. The minimum atomic E-state index is -1.06. The standard InChI is InChI=1S/C13H14N2O3/c1-9-7-11(10-5-3-2-4-6-10)14-15(13(9)18)8-12(16)17/h2-6,9H,7-8H2,1H3,(H,16,17). The molecule has 94 valence electrons. The van der Waals surface area contributed by atoms with Gasteiger partial charge in [0, 0.05) is 12.3 Å². The summed E-state index contributed by atoms with van der Waals surface area (Å²) in [4.78, 5) is 22.5. The fourth-order valence-corrected chi connectivity index (χ4v) is 1.92. The predicted molar refractivity (Wildman–Crippen MR) is 66.1 cm³/mol. The van der Waals surface area contributed by atoms with Crippen molar-refractivity contribution in [3.63, 3.8) is 0 Å². The second kappa shape index (κ2) is 5.00. The molecule has 1 atom stereocenters. The molecule has 2 rings (SSSR count). The smallest absolute Gasteiger partial charge is 0.325 e. The molecular formula is C13H14N2O3. The van der Waals surface area contributed by atoms with Crippen LogP contribution in [0.5, 0.6) is 0 Å². The zero-order valence-electron chi connectivity index (χ0n) is 10.0. The lowest BCUT2D eigenvalue weighted by Crippen LogP contribution is -2.40. The van der Waals surface area contributed by atoms with E-state index < -0.39 is 5.97 Å². The highest BCUT2D eigenvalue weighted by Gasteiger charge is 2.29. The highest BCUT2D eigenvalue weighted by atomic mass is 16.4. The molecule has 0 aliphatic carbocycles. The van der Waals surface area contributed by atoms with Gasteiger partial charge in [-0.1, -0.05) is 37.3 Å². The average molecular weight is 246 g/mol. The molecule has 1 N–H and O–H groups in total. The van der Waals surface area contributed by atoms with Crippen molar-refractivity contribution < 1.29 is 14.7 Å². The maximum absolute atomic E-state index is 11.8. The number of carboxylic acid groups (broad SMARTS) is 1. The minimum absolute atomic E-state index is 0.239. The Morgan fingerprint density at radius 2 is 2.11 bits per heavy atom. The molecule has 1 aliphatic heterocycles. The van der Waals surface area contributed by atoms with Crippen molar-refractivity contribution in [2.24, 2.45) is 11.0 Å². The number of hydrogen-bond donors (Lipinski definition) is 1. The summed E-state index contributed by atoms with van der Waals surface area (Å²) in [5.41, 5.74) is 1.68. The van der Waals surface area contributed by atoms with Crippen LogP contribution in [0.3, 0.4) is 0 Å². The largest absolute Gasteiger partial charge is 0.480 e. The van der Waals surface area contributed by atoms with E-state index in [1.54, 1.807) is 6.92 Å². The van der Waals surface area contributed by atoms with Crippen LogP contribution in [0.1, 0.15) is 18.9 Å². The van der Waals surface area contributed by atoms with E-state index in [1.165, 1.54) is 0 Å². The summed E-state index contributed by atoms with van der Waals surface area (Å²) in [6.45, 7) is 1.40.